The summed E-state index contributed by atoms with van der Waals surface area (Å²) in [6.07, 6.45) is 4.92. The van der Waals surface area contributed by atoms with E-state index < -0.39 is 0 Å². The number of hydrogen-bond donors (Lipinski definition) is 1. The van der Waals surface area contributed by atoms with Gasteiger partial charge in [-0.25, -0.2) is 0 Å². The molecule has 0 unspecified atom stereocenters. The second-order valence-corrected chi connectivity index (χ2v) is 5.46. The van der Waals surface area contributed by atoms with Crippen LogP contribution in [-0.4, -0.2) is 6.54 Å². The zero-order chi connectivity index (χ0) is 10.9. The SMILES string of the molecule is CCc1cc(Br)cc(C2(CN)CCC2)c1. The van der Waals surface area contributed by atoms with Crippen molar-refractivity contribution in [1.82, 2.24) is 0 Å². The number of rotatable bonds is 3. The highest BCUT2D eigenvalue weighted by Crippen LogP contribution is 2.43. The van der Waals surface area contributed by atoms with Gasteiger partial charge < -0.3 is 5.73 Å². The van der Waals surface area contributed by atoms with E-state index in [0.717, 1.165) is 13.0 Å². The molecule has 1 saturated carbocycles. The molecule has 0 saturated heterocycles. The molecule has 2 rings (SSSR count). The Hall–Kier alpha value is -0.340. The summed E-state index contributed by atoms with van der Waals surface area (Å²) < 4.78 is 1.19. The maximum absolute atomic E-state index is 5.93. The first-order valence-corrected chi connectivity index (χ1v) is 6.49. The Kier molecular flexibility index (Phi) is 3.17. The average Bonchev–Trinajstić information content (AvgIpc) is 2.16. The number of halogens is 1. The second-order valence-electron chi connectivity index (χ2n) is 4.54. The van der Waals surface area contributed by atoms with E-state index in [-0.39, 0.29) is 5.41 Å². The first-order valence-electron chi connectivity index (χ1n) is 5.70. The maximum atomic E-state index is 5.93. The number of benzene rings is 1. The molecule has 1 aromatic carbocycles. The third-order valence-corrected chi connectivity index (χ3v) is 4.14. The van der Waals surface area contributed by atoms with Gasteiger partial charge >= 0.3 is 0 Å². The first-order chi connectivity index (χ1) is 7.20. The lowest BCUT2D eigenvalue weighted by Crippen LogP contribution is -2.41. The van der Waals surface area contributed by atoms with E-state index >= 15 is 0 Å². The van der Waals surface area contributed by atoms with Crippen molar-refractivity contribution in [2.75, 3.05) is 6.54 Å². The third-order valence-electron chi connectivity index (χ3n) is 3.68. The van der Waals surface area contributed by atoms with Gasteiger partial charge in [0.15, 0.2) is 0 Å². The molecule has 1 aliphatic rings. The average molecular weight is 268 g/mol. The van der Waals surface area contributed by atoms with Crippen LogP contribution in [0.1, 0.15) is 37.3 Å². The van der Waals surface area contributed by atoms with Gasteiger partial charge in [-0.15, -0.1) is 0 Å². The summed E-state index contributed by atoms with van der Waals surface area (Å²) in [4.78, 5) is 0. The van der Waals surface area contributed by atoms with E-state index in [1.165, 1.54) is 34.9 Å². The summed E-state index contributed by atoms with van der Waals surface area (Å²) >= 11 is 3.59. The summed E-state index contributed by atoms with van der Waals surface area (Å²) in [5.74, 6) is 0. The summed E-state index contributed by atoms with van der Waals surface area (Å²) in [6, 6.07) is 6.77. The van der Waals surface area contributed by atoms with E-state index in [1.54, 1.807) is 0 Å². The summed E-state index contributed by atoms with van der Waals surface area (Å²) in [5, 5.41) is 0. The Bertz CT molecular complexity index is 350. The van der Waals surface area contributed by atoms with Crippen LogP contribution in [0.5, 0.6) is 0 Å². The maximum Gasteiger partial charge on any atom is 0.0180 e. The highest BCUT2D eigenvalue weighted by molar-refractivity contribution is 9.10. The number of nitrogens with two attached hydrogens (primary N) is 1. The van der Waals surface area contributed by atoms with E-state index in [1.807, 2.05) is 0 Å². The molecule has 82 valence electrons. The van der Waals surface area contributed by atoms with Crippen LogP contribution < -0.4 is 5.73 Å². The fourth-order valence-corrected chi connectivity index (χ4v) is 2.92. The minimum absolute atomic E-state index is 0.285. The predicted molar refractivity (Wildman–Crippen MR) is 68.1 cm³/mol. The van der Waals surface area contributed by atoms with Gasteiger partial charge in [-0.3, -0.25) is 0 Å². The molecule has 2 heteroatoms. The van der Waals surface area contributed by atoms with E-state index in [4.69, 9.17) is 5.73 Å². The van der Waals surface area contributed by atoms with Crippen molar-refractivity contribution in [1.29, 1.82) is 0 Å². The highest BCUT2D eigenvalue weighted by atomic mass is 79.9. The molecule has 0 spiro atoms. The lowest BCUT2D eigenvalue weighted by atomic mass is 9.64. The molecule has 0 aliphatic heterocycles. The minimum Gasteiger partial charge on any atom is -0.330 e. The Morgan fingerprint density at radius 2 is 2.07 bits per heavy atom. The molecular weight excluding hydrogens is 250 g/mol. The molecule has 2 N–H and O–H groups in total. The Morgan fingerprint density at radius 3 is 2.53 bits per heavy atom. The van der Waals surface area contributed by atoms with Gasteiger partial charge in [-0.1, -0.05) is 35.3 Å². The molecule has 0 atom stereocenters. The van der Waals surface area contributed by atoms with Gasteiger partial charge in [-0.2, -0.15) is 0 Å². The second kappa shape index (κ2) is 4.26. The van der Waals surface area contributed by atoms with Crippen LogP contribution in [0.25, 0.3) is 0 Å². The quantitative estimate of drug-likeness (QED) is 0.893. The molecule has 15 heavy (non-hydrogen) atoms. The lowest BCUT2D eigenvalue weighted by Gasteiger charge is -2.41. The van der Waals surface area contributed by atoms with Gasteiger partial charge in [0.2, 0.25) is 0 Å². The van der Waals surface area contributed by atoms with Crippen LogP contribution in [0.2, 0.25) is 0 Å². The lowest BCUT2D eigenvalue weighted by molar-refractivity contribution is 0.253. The summed E-state index contributed by atoms with van der Waals surface area (Å²) in [6.45, 7) is 2.98. The van der Waals surface area contributed by atoms with Crippen LogP contribution in [0.3, 0.4) is 0 Å². The van der Waals surface area contributed by atoms with Crippen LogP contribution in [0.4, 0.5) is 0 Å². The molecule has 0 heterocycles. The molecule has 0 aromatic heterocycles. The number of hydrogen-bond acceptors (Lipinski definition) is 1. The smallest absolute Gasteiger partial charge is 0.0180 e. The van der Waals surface area contributed by atoms with Crippen molar-refractivity contribution >= 4 is 15.9 Å². The molecule has 0 bridgehead atoms. The minimum atomic E-state index is 0.285. The first kappa shape index (κ1) is 11.2. The normalized spacial score (nSPS) is 18.6. The summed E-state index contributed by atoms with van der Waals surface area (Å²) in [5.41, 5.74) is 9.05. The largest absolute Gasteiger partial charge is 0.330 e. The van der Waals surface area contributed by atoms with Crippen molar-refractivity contribution in [2.24, 2.45) is 5.73 Å². The molecule has 1 fully saturated rings. The third kappa shape index (κ3) is 1.98. The van der Waals surface area contributed by atoms with Crippen LogP contribution in [0, 0.1) is 0 Å². The zero-order valence-electron chi connectivity index (χ0n) is 9.22. The van der Waals surface area contributed by atoms with Gasteiger partial charge in [0.1, 0.15) is 0 Å². The highest BCUT2D eigenvalue weighted by Gasteiger charge is 2.37. The standard InChI is InChI=1S/C13H18BrN/c1-2-10-6-11(8-12(14)7-10)13(9-15)4-3-5-13/h6-8H,2-5,9,15H2,1H3. The number of aryl methyl sites for hydroxylation is 1. The van der Waals surface area contributed by atoms with Gasteiger partial charge in [-0.05, 0) is 42.5 Å². The predicted octanol–water partition coefficient (Wildman–Crippen LogP) is 3.39. The Balaban J connectivity index is 2.38. The van der Waals surface area contributed by atoms with Crippen LogP contribution in [0.15, 0.2) is 22.7 Å². The molecule has 0 radical (unpaired) electrons. The fourth-order valence-electron chi connectivity index (χ4n) is 2.37. The van der Waals surface area contributed by atoms with Crippen molar-refractivity contribution in [2.45, 2.75) is 38.0 Å². The van der Waals surface area contributed by atoms with Crippen molar-refractivity contribution in [3.05, 3.63) is 33.8 Å². The van der Waals surface area contributed by atoms with Crippen LogP contribution in [-0.2, 0) is 11.8 Å². The van der Waals surface area contributed by atoms with Gasteiger partial charge in [0.05, 0.1) is 0 Å². The summed E-state index contributed by atoms with van der Waals surface area (Å²) in [7, 11) is 0. The van der Waals surface area contributed by atoms with E-state index in [9.17, 15) is 0 Å². The van der Waals surface area contributed by atoms with Crippen molar-refractivity contribution in [3.8, 4) is 0 Å². The Morgan fingerprint density at radius 1 is 1.33 bits per heavy atom. The molecular formula is C13H18BrN. The van der Waals surface area contributed by atoms with E-state index in [0.29, 0.717) is 0 Å². The van der Waals surface area contributed by atoms with Crippen LogP contribution >= 0.6 is 15.9 Å². The Labute approximate surface area is 100 Å². The topological polar surface area (TPSA) is 26.0 Å². The van der Waals surface area contributed by atoms with Crippen molar-refractivity contribution < 1.29 is 0 Å². The molecule has 1 aliphatic carbocycles. The zero-order valence-corrected chi connectivity index (χ0v) is 10.8. The van der Waals surface area contributed by atoms with E-state index in [2.05, 4.69) is 41.1 Å². The van der Waals surface area contributed by atoms with Crippen molar-refractivity contribution in [3.63, 3.8) is 0 Å². The van der Waals surface area contributed by atoms with Gasteiger partial charge in [0.25, 0.3) is 0 Å². The monoisotopic (exact) mass is 267 g/mol. The van der Waals surface area contributed by atoms with Gasteiger partial charge in [0, 0.05) is 16.4 Å². The molecule has 0 amide bonds. The fraction of sp³-hybridized carbons (Fsp3) is 0.538. The molecule has 1 nitrogen and oxygen atoms in total. The molecule has 1 aromatic rings.